The quantitative estimate of drug-likeness (QED) is 0.559. The fourth-order valence-corrected chi connectivity index (χ4v) is 1.62. The molecule has 19 heavy (non-hydrogen) atoms. The maximum atomic E-state index is 10.7. The molecule has 2 amide bonds. The number of rotatable bonds is 7. The van der Waals surface area contributed by atoms with E-state index in [9.17, 15) is 9.59 Å². The summed E-state index contributed by atoms with van der Waals surface area (Å²) in [5.41, 5.74) is 0.616. The SMILES string of the molecule is CCC(CC)Oc1cc(N(C=O)C=O)ccc1[N+]#N. The highest BCUT2D eigenvalue weighted by Crippen LogP contribution is 2.33. The Morgan fingerprint density at radius 2 is 1.95 bits per heavy atom. The normalized spacial score (nSPS) is 9.79. The van der Waals surface area contributed by atoms with E-state index in [1.165, 1.54) is 18.2 Å². The van der Waals surface area contributed by atoms with E-state index < -0.39 is 0 Å². The second-order valence-electron chi connectivity index (χ2n) is 3.93. The molecular formula is C13H16N3O3+. The number of ether oxygens (including phenoxy) is 1. The number of nitrogens with zero attached hydrogens (tertiary/aromatic N) is 3. The zero-order valence-electron chi connectivity index (χ0n) is 10.9. The minimum Gasteiger partial charge on any atom is -0.483 e. The van der Waals surface area contributed by atoms with Gasteiger partial charge in [0.25, 0.3) is 0 Å². The van der Waals surface area contributed by atoms with Gasteiger partial charge in [0.2, 0.25) is 24.0 Å². The molecule has 1 aromatic rings. The lowest BCUT2D eigenvalue weighted by atomic mass is 10.2. The van der Waals surface area contributed by atoms with Gasteiger partial charge < -0.3 is 4.74 Å². The van der Waals surface area contributed by atoms with E-state index in [1.54, 1.807) is 0 Å². The average molecular weight is 262 g/mol. The zero-order chi connectivity index (χ0) is 14.3. The molecule has 0 aromatic heterocycles. The second kappa shape index (κ2) is 7.11. The average Bonchev–Trinajstić information content (AvgIpc) is 2.46. The number of benzene rings is 1. The van der Waals surface area contributed by atoms with Gasteiger partial charge in [-0.2, -0.15) is 0 Å². The van der Waals surface area contributed by atoms with E-state index in [2.05, 4.69) is 4.98 Å². The van der Waals surface area contributed by atoms with Crippen molar-refractivity contribution in [1.29, 1.82) is 5.39 Å². The monoisotopic (exact) mass is 262 g/mol. The predicted molar refractivity (Wildman–Crippen MR) is 70.8 cm³/mol. The van der Waals surface area contributed by atoms with Gasteiger partial charge in [-0.1, -0.05) is 13.8 Å². The lowest BCUT2D eigenvalue weighted by molar-refractivity contribution is -0.113. The highest BCUT2D eigenvalue weighted by molar-refractivity contribution is 5.96. The maximum absolute atomic E-state index is 10.7. The van der Waals surface area contributed by atoms with Gasteiger partial charge in [0, 0.05) is 12.1 Å². The van der Waals surface area contributed by atoms with Crippen LogP contribution in [0, 0.1) is 5.39 Å². The van der Waals surface area contributed by atoms with E-state index in [1.807, 2.05) is 13.8 Å². The van der Waals surface area contributed by atoms with Crippen LogP contribution in [0.25, 0.3) is 4.98 Å². The standard InChI is InChI=1S/C13H16N3O3/c1-3-11(4-2)19-13-7-10(16(8-17)9-18)5-6-12(13)15-14/h5-9,11H,3-4H2,1-2H3/q+1. The van der Waals surface area contributed by atoms with Gasteiger partial charge in [0.15, 0.2) is 4.98 Å². The van der Waals surface area contributed by atoms with Gasteiger partial charge >= 0.3 is 5.69 Å². The van der Waals surface area contributed by atoms with Crippen molar-refractivity contribution in [2.75, 3.05) is 4.90 Å². The molecule has 100 valence electrons. The third-order valence-corrected chi connectivity index (χ3v) is 2.78. The Bertz CT molecular complexity index is 484. The highest BCUT2D eigenvalue weighted by Gasteiger charge is 2.20. The summed E-state index contributed by atoms with van der Waals surface area (Å²) in [6.45, 7) is 3.97. The molecule has 0 fully saturated rings. The Morgan fingerprint density at radius 1 is 1.32 bits per heavy atom. The van der Waals surface area contributed by atoms with Crippen LogP contribution in [-0.2, 0) is 9.59 Å². The van der Waals surface area contributed by atoms with Crippen molar-refractivity contribution >= 4 is 24.2 Å². The first-order chi connectivity index (χ1) is 9.19. The lowest BCUT2D eigenvalue weighted by Crippen LogP contribution is -2.19. The van der Waals surface area contributed by atoms with Crippen LogP contribution in [0.2, 0.25) is 0 Å². The smallest absolute Gasteiger partial charge is 0.426 e. The summed E-state index contributed by atoms with van der Waals surface area (Å²) in [5, 5.41) is 8.91. The third-order valence-electron chi connectivity index (χ3n) is 2.78. The largest absolute Gasteiger partial charge is 0.483 e. The van der Waals surface area contributed by atoms with Crippen LogP contribution in [0.3, 0.4) is 0 Å². The van der Waals surface area contributed by atoms with Crippen molar-refractivity contribution in [3.63, 3.8) is 0 Å². The van der Waals surface area contributed by atoms with Crippen LogP contribution in [0.4, 0.5) is 11.4 Å². The molecule has 0 spiro atoms. The zero-order valence-corrected chi connectivity index (χ0v) is 10.9. The molecule has 0 aliphatic rings. The third kappa shape index (κ3) is 3.52. The van der Waals surface area contributed by atoms with Gasteiger partial charge in [-0.25, -0.2) is 0 Å². The first kappa shape index (κ1) is 14.6. The number of amides is 2. The highest BCUT2D eigenvalue weighted by atomic mass is 16.5. The molecule has 6 heteroatoms. The Kier molecular flexibility index (Phi) is 5.48. The van der Waals surface area contributed by atoms with Crippen molar-refractivity contribution in [3.8, 4) is 5.75 Å². The van der Waals surface area contributed by atoms with Crippen molar-refractivity contribution in [3.05, 3.63) is 23.2 Å². The summed E-state index contributed by atoms with van der Waals surface area (Å²) in [6.07, 6.45) is 2.39. The molecule has 0 radical (unpaired) electrons. The van der Waals surface area contributed by atoms with E-state index in [0.717, 1.165) is 17.7 Å². The maximum Gasteiger partial charge on any atom is 0.426 e. The Morgan fingerprint density at radius 3 is 2.42 bits per heavy atom. The van der Waals surface area contributed by atoms with Gasteiger partial charge in [-0.3, -0.25) is 14.5 Å². The summed E-state index contributed by atoms with van der Waals surface area (Å²) >= 11 is 0. The molecule has 0 heterocycles. The van der Waals surface area contributed by atoms with Crippen LogP contribution in [0.1, 0.15) is 26.7 Å². The molecule has 0 aliphatic heterocycles. The van der Waals surface area contributed by atoms with Crippen LogP contribution in [-0.4, -0.2) is 18.9 Å². The Labute approximate surface area is 111 Å². The van der Waals surface area contributed by atoms with Crippen molar-refractivity contribution < 1.29 is 14.3 Å². The van der Waals surface area contributed by atoms with E-state index in [-0.39, 0.29) is 11.8 Å². The van der Waals surface area contributed by atoms with Crippen LogP contribution in [0.5, 0.6) is 5.75 Å². The number of imide groups is 1. The fraction of sp³-hybridized carbons (Fsp3) is 0.385. The molecule has 0 aliphatic carbocycles. The lowest BCUT2D eigenvalue weighted by Gasteiger charge is -2.15. The van der Waals surface area contributed by atoms with Crippen LogP contribution in [0.15, 0.2) is 18.2 Å². The number of diazo groups is 1. The number of hydrogen-bond acceptors (Lipinski definition) is 4. The van der Waals surface area contributed by atoms with Gasteiger partial charge in [0.1, 0.15) is 0 Å². The first-order valence-electron chi connectivity index (χ1n) is 6.04. The molecule has 1 aromatic carbocycles. The molecule has 0 atom stereocenters. The van der Waals surface area contributed by atoms with Crippen LogP contribution >= 0.6 is 0 Å². The van der Waals surface area contributed by atoms with E-state index in [0.29, 0.717) is 24.3 Å². The number of hydrogen-bond donors (Lipinski definition) is 0. The number of carbonyl (C=O) groups is 2. The molecule has 0 bridgehead atoms. The summed E-state index contributed by atoms with van der Waals surface area (Å²) < 4.78 is 5.70. The molecule has 6 nitrogen and oxygen atoms in total. The van der Waals surface area contributed by atoms with Crippen molar-refractivity contribution in [2.45, 2.75) is 32.8 Å². The summed E-state index contributed by atoms with van der Waals surface area (Å²) in [4.78, 5) is 25.4. The molecule has 0 saturated carbocycles. The van der Waals surface area contributed by atoms with Crippen LogP contribution < -0.4 is 9.64 Å². The fourth-order valence-electron chi connectivity index (χ4n) is 1.62. The second-order valence-corrected chi connectivity index (χ2v) is 3.93. The van der Waals surface area contributed by atoms with Crippen molar-refractivity contribution in [2.24, 2.45) is 0 Å². The number of anilines is 1. The number of carbonyl (C=O) groups excluding carboxylic acids is 2. The van der Waals surface area contributed by atoms with Crippen molar-refractivity contribution in [1.82, 2.24) is 0 Å². The summed E-state index contributed by atoms with van der Waals surface area (Å²) in [7, 11) is 0. The molecule has 0 unspecified atom stereocenters. The van der Waals surface area contributed by atoms with E-state index in [4.69, 9.17) is 10.1 Å². The Balaban J connectivity index is 3.12. The molecule has 0 saturated heterocycles. The predicted octanol–water partition coefficient (Wildman–Crippen LogP) is 2.86. The van der Waals surface area contributed by atoms with E-state index >= 15 is 0 Å². The molecule has 0 N–H and O–H groups in total. The summed E-state index contributed by atoms with van der Waals surface area (Å²) in [5.74, 6) is 0.336. The molecular weight excluding hydrogens is 246 g/mol. The molecule has 1 rings (SSSR count). The first-order valence-corrected chi connectivity index (χ1v) is 6.04. The van der Waals surface area contributed by atoms with Gasteiger partial charge in [0.05, 0.1) is 11.8 Å². The summed E-state index contributed by atoms with van der Waals surface area (Å²) in [6, 6.07) is 4.47. The Hall–Kier alpha value is -2.42. The minimum absolute atomic E-state index is 0.0170. The topological polar surface area (TPSA) is 74.8 Å². The minimum atomic E-state index is -0.0170. The van der Waals surface area contributed by atoms with Gasteiger partial charge in [-0.05, 0) is 18.9 Å². The van der Waals surface area contributed by atoms with Gasteiger partial charge in [-0.15, -0.1) is 0 Å².